The summed E-state index contributed by atoms with van der Waals surface area (Å²) in [5.74, 6) is -0.209. The zero-order valence-corrected chi connectivity index (χ0v) is 12.1. The van der Waals surface area contributed by atoms with Crippen LogP contribution in [0.25, 0.3) is 0 Å². The highest BCUT2D eigenvalue weighted by Crippen LogP contribution is 2.27. The van der Waals surface area contributed by atoms with Crippen molar-refractivity contribution >= 4 is 21.6 Å². The smallest absolute Gasteiger partial charge is 0.360 e. The first kappa shape index (κ1) is 16.6. The van der Waals surface area contributed by atoms with Crippen LogP contribution in [0.2, 0.25) is 0 Å². The number of nitrogens with one attached hydrogen (secondary N) is 1. The normalized spacial score (nSPS) is 16.7. The Morgan fingerprint density at radius 3 is 2.59 bits per heavy atom. The molecule has 22 heavy (non-hydrogen) atoms. The monoisotopic (exact) mass is 338 g/mol. The SMILES string of the molecule is O=C1CCOCN1Cc1ccccc1NS(=O)(=O)C(F)(F)F. The number of carbonyl (C=O) groups excluding carboxylic acids is 1. The minimum absolute atomic E-state index is 0.0131. The van der Waals surface area contributed by atoms with E-state index >= 15 is 0 Å². The van der Waals surface area contributed by atoms with Crippen molar-refractivity contribution in [1.82, 2.24) is 4.90 Å². The predicted octanol–water partition coefficient (Wildman–Crippen LogP) is 1.65. The van der Waals surface area contributed by atoms with Crippen molar-refractivity contribution < 1.29 is 31.1 Å². The molecule has 1 N–H and O–H groups in total. The Morgan fingerprint density at radius 2 is 1.95 bits per heavy atom. The fourth-order valence-electron chi connectivity index (χ4n) is 1.86. The van der Waals surface area contributed by atoms with Gasteiger partial charge in [-0.05, 0) is 11.6 Å². The first-order valence-electron chi connectivity index (χ1n) is 6.23. The maximum Gasteiger partial charge on any atom is 0.516 e. The van der Waals surface area contributed by atoms with E-state index in [1.807, 2.05) is 0 Å². The molecule has 0 bridgehead atoms. The Hall–Kier alpha value is -1.81. The molecular formula is C12H13F3N2O4S. The number of anilines is 1. The molecule has 122 valence electrons. The van der Waals surface area contributed by atoms with Gasteiger partial charge >= 0.3 is 15.5 Å². The Labute approximate surface area is 124 Å². The maximum absolute atomic E-state index is 12.4. The van der Waals surface area contributed by atoms with Gasteiger partial charge in [0.1, 0.15) is 6.73 Å². The Morgan fingerprint density at radius 1 is 1.27 bits per heavy atom. The van der Waals surface area contributed by atoms with Crippen LogP contribution in [0.5, 0.6) is 0 Å². The Kier molecular flexibility index (Phi) is 4.61. The number of para-hydroxylation sites is 1. The van der Waals surface area contributed by atoms with Crippen LogP contribution in [-0.2, 0) is 26.1 Å². The van der Waals surface area contributed by atoms with Gasteiger partial charge in [-0.15, -0.1) is 0 Å². The van der Waals surface area contributed by atoms with Gasteiger partial charge < -0.3 is 9.64 Å². The lowest BCUT2D eigenvalue weighted by atomic mass is 10.1. The molecule has 6 nitrogen and oxygen atoms in total. The third kappa shape index (κ3) is 3.69. The number of halogens is 3. The van der Waals surface area contributed by atoms with Crippen LogP contribution < -0.4 is 4.72 Å². The first-order chi connectivity index (χ1) is 10.2. The summed E-state index contributed by atoms with van der Waals surface area (Å²) in [6.07, 6.45) is 0.177. The molecule has 1 aromatic carbocycles. The van der Waals surface area contributed by atoms with Gasteiger partial charge in [0.2, 0.25) is 5.91 Å². The zero-order valence-electron chi connectivity index (χ0n) is 11.3. The summed E-state index contributed by atoms with van der Waals surface area (Å²) >= 11 is 0. The van der Waals surface area contributed by atoms with Crippen molar-refractivity contribution in [3.8, 4) is 0 Å². The quantitative estimate of drug-likeness (QED) is 0.906. The molecule has 0 atom stereocenters. The number of alkyl halides is 3. The van der Waals surface area contributed by atoms with E-state index in [1.165, 1.54) is 33.9 Å². The minimum Gasteiger partial charge on any atom is -0.360 e. The third-order valence-corrected chi connectivity index (χ3v) is 4.09. The second kappa shape index (κ2) is 6.13. The Bertz CT molecular complexity index is 661. The standard InChI is InChI=1S/C12H13F3N2O4S/c13-12(14,15)22(19,20)16-10-4-2-1-3-9(10)7-17-8-21-6-5-11(17)18/h1-4,16H,5-8H2. The molecular weight excluding hydrogens is 325 g/mol. The number of benzene rings is 1. The molecule has 0 saturated carbocycles. The lowest BCUT2D eigenvalue weighted by molar-refractivity contribution is -0.146. The molecule has 1 saturated heterocycles. The summed E-state index contributed by atoms with van der Waals surface area (Å²) in [5.41, 5.74) is -5.39. The van der Waals surface area contributed by atoms with Gasteiger partial charge in [0.25, 0.3) is 0 Å². The van der Waals surface area contributed by atoms with Crippen LogP contribution in [0.15, 0.2) is 24.3 Å². The number of nitrogens with zero attached hydrogens (tertiary/aromatic N) is 1. The van der Waals surface area contributed by atoms with Gasteiger partial charge in [-0.1, -0.05) is 18.2 Å². The van der Waals surface area contributed by atoms with E-state index in [4.69, 9.17) is 4.74 Å². The van der Waals surface area contributed by atoms with Gasteiger partial charge in [0.15, 0.2) is 0 Å². The van der Waals surface area contributed by atoms with Gasteiger partial charge in [-0.25, -0.2) is 0 Å². The number of amides is 1. The van der Waals surface area contributed by atoms with E-state index in [1.54, 1.807) is 0 Å². The van der Waals surface area contributed by atoms with Crippen molar-refractivity contribution in [2.45, 2.75) is 18.5 Å². The summed E-state index contributed by atoms with van der Waals surface area (Å²) in [6, 6.07) is 5.58. The van der Waals surface area contributed by atoms with Gasteiger partial charge in [0.05, 0.1) is 18.7 Å². The van der Waals surface area contributed by atoms with Crippen LogP contribution in [0.1, 0.15) is 12.0 Å². The highest BCUT2D eigenvalue weighted by molar-refractivity contribution is 7.93. The molecule has 10 heteroatoms. The van der Waals surface area contributed by atoms with Crippen LogP contribution in [-0.4, -0.2) is 38.1 Å². The molecule has 0 aromatic heterocycles. The summed E-state index contributed by atoms with van der Waals surface area (Å²) in [5, 5.41) is 0. The van der Waals surface area contributed by atoms with Gasteiger partial charge in [0, 0.05) is 6.54 Å². The molecule has 0 spiro atoms. The second-order valence-electron chi connectivity index (χ2n) is 4.59. The molecule has 1 heterocycles. The van der Waals surface area contributed by atoms with Crippen molar-refractivity contribution in [3.63, 3.8) is 0 Å². The second-order valence-corrected chi connectivity index (χ2v) is 6.26. The first-order valence-corrected chi connectivity index (χ1v) is 7.71. The summed E-state index contributed by atoms with van der Waals surface area (Å²) in [6.45, 7) is 0.256. The lowest BCUT2D eigenvalue weighted by Crippen LogP contribution is -2.38. The van der Waals surface area contributed by atoms with Crippen LogP contribution in [0.3, 0.4) is 0 Å². The summed E-state index contributed by atoms with van der Waals surface area (Å²) in [7, 11) is -5.51. The highest BCUT2D eigenvalue weighted by Gasteiger charge is 2.46. The molecule has 0 aliphatic carbocycles. The zero-order chi connectivity index (χ0) is 16.4. The van der Waals surface area contributed by atoms with E-state index in [0.29, 0.717) is 0 Å². The van der Waals surface area contributed by atoms with Crippen molar-refractivity contribution in [3.05, 3.63) is 29.8 Å². The maximum atomic E-state index is 12.4. The Balaban J connectivity index is 2.22. The largest absolute Gasteiger partial charge is 0.516 e. The molecule has 1 aliphatic heterocycles. The molecule has 2 rings (SSSR count). The minimum atomic E-state index is -5.51. The number of ether oxygens (including phenoxy) is 1. The van der Waals surface area contributed by atoms with Gasteiger partial charge in [-0.3, -0.25) is 9.52 Å². The van der Waals surface area contributed by atoms with E-state index in [-0.39, 0.29) is 43.5 Å². The lowest BCUT2D eigenvalue weighted by Gasteiger charge is -2.27. The van der Waals surface area contributed by atoms with E-state index in [0.717, 1.165) is 0 Å². The molecule has 1 aliphatic rings. The summed E-state index contributed by atoms with van der Waals surface area (Å²) < 4.78 is 66.3. The number of rotatable bonds is 4. The van der Waals surface area contributed by atoms with E-state index in [9.17, 15) is 26.4 Å². The topological polar surface area (TPSA) is 75.7 Å². The van der Waals surface area contributed by atoms with Crippen LogP contribution >= 0.6 is 0 Å². The molecule has 0 unspecified atom stereocenters. The van der Waals surface area contributed by atoms with Crippen LogP contribution in [0.4, 0.5) is 18.9 Å². The number of hydrogen-bond donors (Lipinski definition) is 1. The van der Waals surface area contributed by atoms with Crippen molar-refractivity contribution in [1.29, 1.82) is 0 Å². The number of sulfonamides is 1. The van der Waals surface area contributed by atoms with Crippen LogP contribution in [0, 0.1) is 0 Å². The average molecular weight is 338 g/mol. The third-order valence-electron chi connectivity index (χ3n) is 2.99. The fourth-order valence-corrected chi connectivity index (χ4v) is 2.47. The predicted molar refractivity (Wildman–Crippen MR) is 71.0 cm³/mol. The summed E-state index contributed by atoms with van der Waals surface area (Å²) in [4.78, 5) is 13.0. The van der Waals surface area contributed by atoms with Crippen molar-refractivity contribution in [2.75, 3.05) is 18.1 Å². The number of hydrogen-bond acceptors (Lipinski definition) is 4. The molecule has 0 radical (unpaired) electrons. The molecule has 1 amide bonds. The van der Waals surface area contributed by atoms with Crippen molar-refractivity contribution in [2.24, 2.45) is 0 Å². The average Bonchev–Trinajstić information content (AvgIpc) is 2.42. The van der Waals surface area contributed by atoms with E-state index < -0.39 is 15.5 Å². The molecule has 1 fully saturated rings. The molecule has 1 aromatic rings. The fraction of sp³-hybridized carbons (Fsp3) is 0.417. The number of carbonyl (C=O) groups is 1. The highest BCUT2D eigenvalue weighted by atomic mass is 32.2. The van der Waals surface area contributed by atoms with E-state index in [2.05, 4.69) is 0 Å². The van der Waals surface area contributed by atoms with Gasteiger partial charge in [-0.2, -0.15) is 21.6 Å².